The quantitative estimate of drug-likeness (QED) is 0.464. The number of hydrogen-bond acceptors (Lipinski definition) is 3. The molecule has 0 amide bonds. The Bertz CT molecular complexity index is 143. The van der Waals surface area contributed by atoms with Gasteiger partial charge in [-0.3, -0.25) is 9.69 Å². The Morgan fingerprint density at radius 2 is 1.91 bits per heavy atom. The highest BCUT2D eigenvalue weighted by Gasteiger charge is 2.13. The molecule has 0 bridgehead atoms. The zero-order chi connectivity index (χ0) is 8.27. The van der Waals surface area contributed by atoms with Crippen molar-refractivity contribution in [2.75, 3.05) is 32.7 Å². The molecule has 0 spiro atoms. The summed E-state index contributed by atoms with van der Waals surface area (Å²) >= 11 is 0. The maximum atomic E-state index is 10.7. The summed E-state index contributed by atoms with van der Waals surface area (Å²) in [6.07, 6.45) is 0. The fourth-order valence-corrected chi connectivity index (χ4v) is 1.32. The van der Waals surface area contributed by atoms with Gasteiger partial charge in [0.15, 0.2) is 7.98 Å². The third-order valence-electron chi connectivity index (χ3n) is 2.04. The molecule has 1 aliphatic rings. The van der Waals surface area contributed by atoms with Crippen LogP contribution >= 0.6 is 0 Å². The number of carbonyl (C=O) groups is 1. The Balaban J connectivity index is 2.22. The van der Waals surface area contributed by atoms with Gasteiger partial charge < -0.3 is 4.81 Å². The fourth-order valence-electron chi connectivity index (χ4n) is 1.32. The van der Waals surface area contributed by atoms with Crippen molar-refractivity contribution in [2.24, 2.45) is 0 Å². The van der Waals surface area contributed by atoms with Gasteiger partial charge in [-0.25, -0.2) is 0 Å². The van der Waals surface area contributed by atoms with Gasteiger partial charge in [0.1, 0.15) is 5.78 Å². The van der Waals surface area contributed by atoms with Crippen LogP contribution in [0.5, 0.6) is 0 Å². The lowest BCUT2D eigenvalue weighted by atomic mass is 10.2. The molecule has 1 saturated heterocycles. The van der Waals surface area contributed by atoms with Crippen molar-refractivity contribution >= 4 is 13.8 Å². The van der Waals surface area contributed by atoms with Crippen LogP contribution in [0.25, 0.3) is 0 Å². The van der Waals surface area contributed by atoms with Crippen molar-refractivity contribution in [2.45, 2.75) is 6.92 Å². The van der Waals surface area contributed by atoms with Crippen LogP contribution in [0.1, 0.15) is 6.92 Å². The standard InChI is InChI=1S/C7H15BN2O/c1-7(11)6-9-2-4-10(8)5-3-9/h2-6,8H2,1H3. The predicted octanol–water partition coefficient (Wildman–Crippen LogP) is -1.26. The molecule has 0 aromatic carbocycles. The van der Waals surface area contributed by atoms with E-state index in [9.17, 15) is 4.79 Å². The molecule has 0 aromatic heterocycles. The van der Waals surface area contributed by atoms with Gasteiger partial charge in [0.05, 0.1) is 6.54 Å². The minimum Gasteiger partial charge on any atom is -0.346 e. The summed E-state index contributed by atoms with van der Waals surface area (Å²) < 4.78 is 0. The van der Waals surface area contributed by atoms with Gasteiger partial charge in [-0.1, -0.05) is 0 Å². The van der Waals surface area contributed by atoms with Crippen molar-refractivity contribution in [3.63, 3.8) is 0 Å². The first-order valence-electron chi connectivity index (χ1n) is 4.09. The molecule has 1 aliphatic heterocycles. The number of rotatable bonds is 2. The summed E-state index contributed by atoms with van der Waals surface area (Å²) in [6.45, 7) is 6.54. The molecular weight excluding hydrogens is 139 g/mol. The van der Waals surface area contributed by atoms with Crippen molar-refractivity contribution < 1.29 is 4.79 Å². The van der Waals surface area contributed by atoms with Gasteiger partial charge in [-0.15, -0.1) is 0 Å². The summed E-state index contributed by atoms with van der Waals surface area (Å²) in [7, 11) is 2.12. The smallest absolute Gasteiger partial charge is 0.185 e. The second-order valence-electron chi connectivity index (χ2n) is 3.28. The lowest BCUT2D eigenvalue weighted by molar-refractivity contribution is -0.118. The average molecular weight is 154 g/mol. The van der Waals surface area contributed by atoms with Crippen molar-refractivity contribution in [3.8, 4) is 0 Å². The lowest BCUT2D eigenvalue weighted by Gasteiger charge is -2.31. The van der Waals surface area contributed by atoms with Crippen molar-refractivity contribution in [1.29, 1.82) is 0 Å². The average Bonchev–Trinajstić information content (AvgIpc) is 1.93. The van der Waals surface area contributed by atoms with E-state index in [2.05, 4.69) is 17.7 Å². The lowest BCUT2D eigenvalue weighted by Crippen LogP contribution is -2.46. The first-order valence-corrected chi connectivity index (χ1v) is 4.09. The minimum absolute atomic E-state index is 0.273. The molecule has 0 unspecified atom stereocenters. The topological polar surface area (TPSA) is 23.6 Å². The van der Waals surface area contributed by atoms with E-state index in [0.717, 1.165) is 26.2 Å². The molecule has 0 aromatic rings. The Labute approximate surface area is 68.8 Å². The Hall–Kier alpha value is -0.345. The first-order chi connectivity index (χ1) is 5.18. The SMILES string of the molecule is BN1CCN(CC(C)=O)CC1. The maximum absolute atomic E-state index is 10.7. The largest absolute Gasteiger partial charge is 0.346 e. The van der Waals surface area contributed by atoms with E-state index in [1.54, 1.807) is 6.92 Å². The molecule has 0 radical (unpaired) electrons. The van der Waals surface area contributed by atoms with E-state index in [1.807, 2.05) is 0 Å². The molecular formula is C7H15BN2O. The van der Waals surface area contributed by atoms with Gasteiger partial charge in [-0.2, -0.15) is 0 Å². The number of Topliss-reactive ketones (excluding diaryl/α,β-unsaturated/α-hetero) is 1. The van der Waals surface area contributed by atoms with Crippen LogP contribution in [0, 0.1) is 0 Å². The molecule has 1 heterocycles. The number of hydrogen-bond donors (Lipinski definition) is 0. The monoisotopic (exact) mass is 154 g/mol. The zero-order valence-corrected chi connectivity index (χ0v) is 7.34. The molecule has 0 aliphatic carbocycles. The number of nitrogens with zero attached hydrogens (tertiary/aromatic N) is 2. The predicted molar refractivity (Wildman–Crippen MR) is 47.2 cm³/mol. The van der Waals surface area contributed by atoms with Gasteiger partial charge in [0, 0.05) is 13.1 Å². The van der Waals surface area contributed by atoms with E-state index in [0.29, 0.717) is 6.54 Å². The molecule has 1 fully saturated rings. The zero-order valence-electron chi connectivity index (χ0n) is 7.34. The summed E-state index contributed by atoms with van der Waals surface area (Å²) in [5, 5.41) is 0. The van der Waals surface area contributed by atoms with Gasteiger partial charge in [0.2, 0.25) is 0 Å². The van der Waals surface area contributed by atoms with Gasteiger partial charge in [0.25, 0.3) is 0 Å². The molecule has 1 rings (SSSR count). The van der Waals surface area contributed by atoms with Crippen LogP contribution in [0.4, 0.5) is 0 Å². The van der Waals surface area contributed by atoms with E-state index >= 15 is 0 Å². The molecule has 0 atom stereocenters. The van der Waals surface area contributed by atoms with Gasteiger partial charge >= 0.3 is 0 Å². The second kappa shape index (κ2) is 3.88. The number of carbonyl (C=O) groups excluding carboxylic acids is 1. The Morgan fingerprint density at radius 1 is 1.36 bits per heavy atom. The van der Waals surface area contributed by atoms with Crippen molar-refractivity contribution in [1.82, 2.24) is 9.71 Å². The minimum atomic E-state index is 0.273. The van der Waals surface area contributed by atoms with Gasteiger partial charge in [-0.05, 0) is 20.0 Å². The van der Waals surface area contributed by atoms with Crippen LogP contribution in [-0.4, -0.2) is 56.2 Å². The third-order valence-corrected chi connectivity index (χ3v) is 2.04. The van der Waals surface area contributed by atoms with E-state index in [4.69, 9.17) is 0 Å². The molecule has 0 N–H and O–H groups in total. The summed E-state index contributed by atoms with van der Waals surface area (Å²) in [5.74, 6) is 0.273. The molecule has 11 heavy (non-hydrogen) atoms. The maximum Gasteiger partial charge on any atom is 0.185 e. The highest BCUT2D eigenvalue weighted by molar-refractivity contribution is 6.04. The number of piperazine rings is 1. The molecule has 3 nitrogen and oxygen atoms in total. The van der Waals surface area contributed by atoms with Crippen LogP contribution in [0.3, 0.4) is 0 Å². The summed E-state index contributed by atoms with van der Waals surface area (Å²) in [6, 6.07) is 0. The molecule has 0 saturated carbocycles. The summed E-state index contributed by atoms with van der Waals surface area (Å²) in [4.78, 5) is 15.2. The number of ketones is 1. The van der Waals surface area contributed by atoms with E-state index in [1.165, 1.54) is 0 Å². The Kier molecular flexibility index (Phi) is 3.08. The second-order valence-corrected chi connectivity index (χ2v) is 3.28. The normalized spacial score (nSPS) is 21.9. The Morgan fingerprint density at radius 3 is 2.36 bits per heavy atom. The first kappa shape index (κ1) is 8.75. The van der Waals surface area contributed by atoms with Crippen LogP contribution in [-0.2, 0) is 4.79 Å². The summed E-state index contributed by atoms with van der Waals surface area (Å²) in [5.41, 5.74) is 0. The van der Waals surface area contributed by atoms with Crippen molar-refractivity contribution in [3.05, 3.63) is 0 Å². The van der Waals surface area contributed by atoms with E-state index < -0.39 is 0 Å². The molecule has 4 heteroatoms. The van der Waals surface area contributed by atoms with Crippen LogP contribution in [0.15, 0.2) is 0 Å². The van der Waals surface area contributed by atoms with E-state index in [-0.39, 0.29) is 5.78 Å². The fraction of sp³-hybridized carbons (Fsp3) is 0.857. The highest BCUT2D eigenvalue weighted by Crippen LogP contribution is 1.97. The van der Waals surface area contributed by atoms with Crippen LogP contribution < -0.4 is 0 Å². The third kappa shape index (κ3) is 3.03. The highest BCUT2D eigenvalue weighted by atomic mass is 16.1. The molecule has 62 valence electrons. The van der Waals surface area contributed by atoms with Crippen LogP contribution in [0.2, 0.25) is 0 Å².